The number of ether oxygens (including phenoxy) is 2. The van der Waals surface area contributed by atoms with Gasteiger partial charge in [0, 0.05) is 6.54 Å². The fraction of sp³-hybridized carbons (Fsp3) is 0.273. The van der Waals surface area contributed by atoms with Crippen LogP contribution >= 0.6 is 0 Å². The van der Waals surface area contributed by atoms with Crippen LogP contribution in [-0.4, -0.2) is 42.5 Å². The molecule has 0 unspecified atom stereocenters. The highest BCUT2D eigenvalue weighted by Gasteiger charge is 2.42. The first-order valence-corrected chi connectivity index (χ1v) is 8.98. The van der Waals surface area contributed by atoms with Crippen LogP contribution in [0.3, 0.4) is 0 Å². The van der Waals surface area contributed by atoms with Crippen LogP contribution in [0.4, 0.5) is 0 Å². The zero-order valence-electron chi connectivity index (χ0n) is 16.1. The quantitative estimate of drug-likeness (QED) is 0.797. The Balaban J connectivity index is 1.99. The van der Waals surface area contributed by atoms with Gasteiger partial charge in [-0.1, -0.05) is 36.4 Å². The van der Waals surface area contributed by atoms with E-state index in [0.717, 1.165) is 5.56 Å². The Morgan fingerprint density at radius 2 is 1.75 bits per heavy atom. The Labute approximate surface area is 164 Å². The first-order chi connectivity index (χ1) is 13.5. The Kier molecular flexibility index (Phi) is 5.68. The molecule has 0 fully saturated rings. The molecule has 2 aromatic carbocycles. The number of ketones is 1. The van der Waals surface area contributed by atoms with Gasteiger partial charge in [0.25, 0.3) is 5.91 Å². The maximum Gasteiger partial charge on any atom is 0.290 e. The fourth-order valence-electron chi connectivity index (χ4n) is 3.51. The van der Waals surface area contributed by atoms with E-state index in [4.69, 9.17) is 9.47 Å². The van der Waals surface area contributed by atoms with Crippen molar-refractivity contribution in [2.45, 2.75) is 19.4 Å². The third kappa shape index (κ3) is 3.58. The van der Waals surface area contributed by atoms with Gasteiger partial charge in [-0.25, -0.2) is 0 Å². The van der Waals surface area contributed by atoms with E-state index in [2.05, 4.69) is 0 Å². The average Bonchev–Trinajstić information content (AvgIpc) is 2.97. The van der Waals surface area contributed by atoms with Crippen molar-refractivity contribution in [3.63, 3.8) is 0 Å². The van der Waals surface area contributed by atoms with Gasteiger partial charge in [-0.2, -0.15) is 0 Å². The number of hydrogen-bond acceptors (Lipinski definition) is 5. The van der Waals surface area contributed by atoms with E-state index < -0.39 is 17.7 Å². The number of methoxy groups -OCH3 is 2. The van der Waals surface area contributed by atoms with Crippen LogP contribution in [0.25, 0.3) is 0 Å². The molecule has 1 amide bonds. The predicted octanol–water partition coefficient (Wildman–Crippen LogP) is 3.23. The minimum Gasteiger partial charge on any atom is -0.503 e. The number of hydrogen-bond donors (Lipinski definition) is 1. The van der Waals surface area contributed by atoms with Gasteiger partial charge in [0.1, 0.15) is 0 Å². The van der Waals surface area contributed by atoms with Crippen LogP contribution in [0, 0.1) is 0 Å². The molecule has 1 N–H and O–H groups in total. The smallest absolute Gasteiger partial charge is 0.290 e. The van der Waals surface area contributed by atoms with Crippen molar-refractivity contribution in [2.75, 3.05) is 20.8 Å². The first kappa shape index (κ1) is 19.5. The van der Waals surface area contributed by atoms with Crippen molar-refractivity contribution in [3.05, 3.63) is 71.0 Å². The summed E-state index contributed by atoms with van der Waals surface area (Å²) in [6.07, 6.45) is 0.606. The fourth-order valence-corrected chi connectivity index (χ4v) is 3.51. The van der Waals surface area contributed by atoms with Crippen LogP contribution in [0.5, 0.6) is 11.5 Å². The molecule has 1 atom stereocenters. The van der Waals surface area contributed by atoms with Gasteiger partial charge in [0.15, 0.2) is 23.0 Å². The maximum atomic E-state index is 12.7. The minimum atomic E-state index is -0.673. The minimum absolute atomic E-state index is 0.102. The molecule has 0 radical (unpaired) electrons. The number of aliphatic hydroxyl groups is 1. The second-order valence-corrected chi connectivity index (χ2v) is 6.57. The number of Topliss-reactive ketones (excluding diaryl/α,β-unsaturated/α-hetero) is 1. The highest BCUT2D eigenvalue weighted by Crippen LogP contribution is 2.40. The molecule has 0 aromatic heterocycles. The van der Waals surface area contributed by atoms with Crippen LogP contribution in [0.15, 0.2) is 59.9 Å². The molecule has 1 aliphatic heterocycles. The van der Waals surface area contributed by atoms with E-state index in [1.807, 2.05) is 30.3 Å². The summed E-state index contributed by atoms with van der Waals surface area (Å²) >= 11 is 0. The molecular weight excluding hydrogens is 358 g/mol. The Bertz CT molecular complexity index is 920. The number of rotatable bonds is 7. The molecule has 6 heteroatoms. The van der Waals surface area contributed by atoms with Gasteiger partial charge >= 0.3 is 0 Å². The number of aliphatic hydroxyl groups excluding tert-OH is 1. The monoisotopic (exact) mass is 381 g/mol. The standard InChI is InChI=1S/C22H23NO5/c1-14(24)19-20(16-9-10-17(27-2)18(13-16)28-3)23(22(26)21(19)25)12-11-15-7-5-4-6-8-15/h4-10,13,20,25H,11-12H2,1-3H3/t20-/m0/s1. The summed E-state index contributed by atoms with van der Waals surface area (Å²) in [5, 5.41) is 10.4. The Hall–Kier alpha value is -3.28. The largest absolute Gasteiger partial charge is 0.503 e. The van der Waals surface area contributed by atoms with Gasteiger partial charge in [-0.3, -0.25) is 9.59 Å². The summed E-state index contributed by atoms with van der Waals surface area (Å²) in [4.78, 5) is 26.5. The number of amides is 1. The molecule has 28 heavy (non-hydrogen) atoms. The van der Waals surface area contributed by atoms with E-state index in [9.17, 15) is 14.7 Å². The van der Waals surface area contributed by atoms with E-state index in [0.29, 0.717) is 30.0 Å². The lowest BCUT2D eigenvalue weighted by Gasteiger charge is -2.27. The van der Waals surface area contributed by atoms with E-state index in [1.54, 1.807) is 18.2 Å². The van der Waals surface area contributed by atoms with E-state index >= 15 is 0 Å². The van der Waals surface area contributed by atoms with Crippen LogP contribution in [0.1, 0.15) is 24.1 Å². The molecular formula is C22H23NO5. The molecule has 0 aliphatic carbocycles. The lowest BCUT2D eigenvalue weighted by molar-refractivity contribution is -0.129. The van der Waals surface area contributed by atoms with Crippen molar-refractivity contribution in [1.82, 2.24) is 4.90 Å². The Morgan fingerprint density at radius 1 is 1.07 bits per heavy atom. The van der Waals surface area contributed by atoms with Gasteiger partial charge in [0.05, 0.1) is 25.8 Å². The van der Waals surface area contributed by atoms with Crippen molar-refractivity contribution >= 4 is 11.7 Å². The maximum absolute atomic E-state index is 12.7. The molecule has 1 aliphatic rings. The molecule has 0 spiro atoms. The molecule has 0 saturated heterocycles. The van der Waals surface area contributed by atoms with Crippen molar-refractivity contribution in [3.8, 4) is 11.5 Å². The van der Waals surface area contributed by atoms with Crippen LogP contribution < -0.4 is 9.47 Å². The number of carbonyl (C=O) groups is 2. The van der Waals surface area contributed by atoms with Crippen molar-refractivity contribution in [1.29, 1.82) is 0 Å². The third-order valence-corrected chi connectivity index (χ3v) is 4.89. The highest BCUT2D eigenvalue weighted by molar-refractivity contribution is 6.08. The number of nitrogens with zero attached hydrogens (tertiary/aromatic N) is 1. The predicted molar refractivity (Wildman–Crippen MR) is 104 cm³/mol. The zero-order valence-corrected chi connectivity index (χ0v) is 16.1. The molecule has 1 heterocycles. The summed E-state index contributed by atoms with van der Waals surface area (Å²) < 4.78 is 10.6. The van der Waals surface area contributed by atoms with Crippen molar-refractivity contribution in [2.24, 2.45) is 0 Å². The topological polar surface area (TPSA) is 76.1 Å². The van der Waals surface area contributed by atoms with E-state index in [1.165, 1.54) is 26.0 Å². The molecule has 0 saturated carbocycles. The molecule has 6 nitrogen and oxygen atoms in total. The Morgan fingerprint density at radius 3 is 2.36 bits per heavy atom. The van der Waals surface area contributed by atoms with Gasteiger partial charge < -0.3 is 19.5 Å². The summed E-state index contributed by atoms with van der Waals surface area (Å²) in [6.45, 7) is 1.72. The second-order valence-electron chi connectivity index (χ2n) is 6.57. The number of benzene rings is 2. The lowest BCUT2D eigenvalue weighted by Crippen LogP contribution is -2.33. The SMILES string of the molecule is COc1ccc([C@H]2C(C(C)=O)=C(O)C(=O)N2CCc2ccccc2)cc1OC. The number of carbonyl (C=O) groups excluding carboxylic acids is 2. The molecule has 0 bridgehead atoms. The molecule has 2 aromatic rings. The molecule has 146 valence electrons. The highest BCUT2D eigenvalue weighted by atomic mass is 16.5. The average molecular weight is 381 g/mol. The van der Waals surface area contributed by atoms with Gasteiger partial charge in [-0.05, 0) is 36.6 Å². The van der Waals surface area contributed by atoms with Crippen LogP contribution in [0.2, 0.25) is 0 Å². The summed E-state index contributed by atoms with van der Waals surface area (Å²) in [7, 11) is 3.06. The van der Waals surface area contributed by atoms with Crippen LogP contribution in [-0.2, 0) is 16.0 Å². The first-order valence-electron chi connectivity index (χ1n) is 8.98. The van der Waals surface area contributed by atoms with Gasteiger partial charge in [-0.15, -0.1) is 0 Å². The van der Waals surface area contributed by atoms with E-state index in [-0.39, 0.29) is 11.4 Å². The van der Waals surface area contributed by atoms with Gasteiger partial charge in [0.2, 0.25) is 0 Å². The van der Waals surface area contributed by atoms with Crippen molar-refractivity contribution < 1.29 is 24.2 Å². The summed E-state index contributed by atoms with van der Waals surface area (Å²) in [5.41, 5.74) is 1.84. The summed E-state index contributed by atoms with van der Waals surface area (Å²) in [5.74, 6) is -0.331. The third-order valence-electron chi connectivity index (χ3n) is 4.89. The zero-order chi connectivity index (χ0) is 20.3. The summed E-state index contributed by atoms with van der Waals surface area (Å²) in [6, 6.07) is 14.3. The second kappa shape index (κ2) is 8.17. The lowest BCUT2D eigenvalue weighted by atomic mass is 9.96. The molecule has 3 rings (SSSR count). The normalized spacial score (nSPS) is 16.5.